The molecular weight excluding hydrogens is 518 g/mol. The predicted molar refractivity (Wildman–Crippen MR) is 138 cm³/mol. The van der Waals surface area contributed by atoms with Crippen LogP contribution in [0.3, 0.4) is 0 Å². The maximum Gasteiger partial charge on any atom is 0.306 e. The molecule has 10 nitrogen and oxygen atoms in total. The SMILES string of the molecule is COc1ccc(-c2csc(NC(=O)COC(=O)CCc3ccc(S(=O)(=O)N4CCOCC4)cc3)n2)cc1. The largest absolute Gasteiger partial charge is 0.497 e. The number of nitrogens with one attached hydrogen (secondary N) is 1. The number of amides is 1. The summed E-state index contributed by atoms with van der Waals surface area (Å²) in [6.45, 7) is 0.997. The smallest absolute Gasteiger partial charge is 0.306 e. The van der Waals surface area contributed by atoms with Gasteiger partial charge in [-0.1, -0.05) is 12.1 Å². The molecule has 1 aliphatic heterocycles. The highest BCUT2D eigenvalue weighted by Crippen LogP contribution is 2.26. The van der Waals surface area contributed by atoms with Crippen LogP contribution in [0.25, 0.3) is 11.3 Å². The van der Waals surface area contributed by atoms with E-state index in [0.29, 0.717) is 43.5 Å². The van der Waals surface area contributed by atoms with Crippen molar-refractivity contribution in [1.82, 2.24) is 9.29 Å². The molecule has 2 heterocycles. The lowest BCUT2D eigenvalue weighted by atomic mass is 10.1. The number of hydrogen-bond donors (Lipinski definition) is 1. The van der Waals surface area contributed by atoms with Crippen LogP contribution in [0.1, 0.15) is 12.0 Å². The highest BCUT2D eigenvalue weighted by atomic mass is 32.2. The van der Waals surface area contributed by atoms with Gasteiger partial charge in [0.1, 0.15) is 5.75 Å². The average molecular weight is 546 g/mol. The first-order valence-electron chi connectivity index (χ1n) is 11.6. The van der Waals surface area contributed by atoms with Crippen LogP contribution < -0.4 is 10.1 Å². The molecule has 0 saturated carbocycles. The van der Waals surface area contributed by atoms with Crippen LogP contribution in [0, 0.1) is 0 Å². The van der Waals surface area contributed by atoms with Gasteiger partial charge < -0.3 is 14.2 Å². The van der Waals surface area contributed by atoms with Gasteiger partial charge >= 0.3 is 5.97 Å². The summed E-state index contributed by atoms with van der Waals surface area (Å²) in [7, 11) is -1.97. The zero-order chi connectivity index (χ0) is 26.3. The molecule has 1 saturated heterocycles. The first kappa shape index (κ1) is 26.7. The number of aryl methyl sites for hydroxylation is 1. The second-order valence-corrected chi connectivity index (χ2v) is 10.9. The van der Waals surface area contributed by atoms with Gasteiger partial charge in [-0.3, -0.25) is 14.9 Å². The first-order valence-corrected chi connectivity index (χ1v) is 13.9. The van der Waals surface area contributed by atoms with Crippen LogP contribution in [0.5, 0.6) is 5.75 Å². The number of methoxy groups -OCH3 is 1. The van der Waals surface area contributed by atoms with Gasteiger partial charge in [0.25, 0.3) is 5.91 Å². The Morgan fingerprint density at radius 2 is 1.78 bits per heavy atom. The van der Waals surface area contributed by atoms with Crippen LogP contribution in [-0.2, 0) is 35.5 Å². The summed E-state index contributed by atoms with van der Waals surface area (Å²) >= 11 is 1.27. The van der Waals surface area contributed by atoms with E-state index in [1.807, 2.05) is 29.6 Å². The Balaban J connectivity index is 1.20. The lowest BCUT2D eigenvalue weighted by Gasteiger charge is -2.26. The average Bonchev–Trinajstić information content (AvgIpc) is 3.40. The Morgan fingerprint density at radius 3 is 2.46 bits per heavy atom. The molecule has 1 aliphatic rings. The number of esters is 1. The number of sulfonamides is 1. The standard InChI is InChI=1S/C25H27N3O7S2/c1-33-20-7-5-19(6-8-20)22-17-36-25(26-22)27-23(29)16-35-24(30)11-4-18-2-9-21(10-3-18)37(31,32)28-12-14-34-15-13-28/h2-3,5-10,17H,4,11-16H2,1H3,(H,26,27,29). The van der Waals surface area contributed by atoms with E-state index in [0.717, 1.165) is 16.9 Å². The van der Waals surface area contributed by atoms with Gasteiger partial charge in [0.05, 0.1) is 30.9 Å². The normalized spacial score (nSPS) is 14.2. The minimum Gasteiger partial charge on any atom is -0.497 e. The zero-order valence-electron chi connectivity index (χ0n) is 20.2. The molecule has 1 N–H and O–H groups in total. The summed E-state index contributed by atoms with van der Waals surface area (Å²) in [5.74, 6) is -0.275. The topological polar surface area (TPSA) is 124 Å². The van der Waals surface area contributed by atoms with Crippen molar-refractivity contribution < 1.29 is 32.2 Å². The minimum absolute atomic E-state index is 0.0573. The second kappa shape index (κ2) is 12.3. The molecule has 0 atom stereocenters. The van der Waals surface area contributed by atoms with E-state index in [2.05, 4.69) is 10.3 Å². The number of thiazole rings is 1. The molecule has 1 amide bonds. The fraction of sp³-hybridized carbons (Fsp3) is 0.320. The summed E-state index contributed by atoms with van der Waals surface area (Å²) in [4.78, 5) is 28.9. The monoisotopic (exact) mass is 545 g/mol. The quantitative estimate of drug-likeness (QED) is 0.386. The molecule has 12 heteroatoms. The van der Waals surface area contributed by atoms with Gasteiger partial charge in [0.2, 0.25) is 10.0 Å². The maximum absolute atomic E-state index is 12.7. The number of benzene rings is 2. The van der Waals surface area contributed by atoms with Crippen LogP contribution in [0.4, 0.5) is 5.13 Å². The molecule has 0 radical (unpaired) electrons. The van der Waals surface area contributed by atoms with Crippen molar-refractivity contribution in [1.29, 1.82) is 0 Å². The summed E-state index contributed by atoms with van der Waals surface area (Å²) in [6, 6.07) is 13.8. The van der Waals surface area contributed by atoms with E-state index >= 15 is 0 Å². The molecular formula is C25H27N3O7S2. The van der Waals surface area contributed by atoms with Crippen molar-refractivity contribution in [2.75, 3.05) is 45.3 Å². The van der Waals surface area contributed by atoms with E-state index < -0.39 is 28.5 Å². The summed E-state index contributed by atoms with van der Waals surface area (Å²) in [5.41, 5.74) is 2.38. The highest BCUT2D eigenvalue weighted by Gasteiger charge is 2.26. The van der Waals surface area contributed by atoms with E-state index in [-0.39, 0.29) is 11.3 Å². The number of morpholine rings is 1. The van der Waals surface area contributed by atoms with E-state index in [9.17, 15) is 18.0 Å². The van der Waals surface area contributed by atoms with Crippen molar-refractivity contribution in [2.24, 2.45) is 0 Å². The molecule has 0 bridgehead atoms. The third-order valence-corrected chi connectivity index (χ3v) is 8.32. The van der Waals surface area contributed by atoms with Gasteiger partial charge in [0.15, 0.2) is 11.7 Å². The zero-order valence-corrected chi connectivity index (χ0v) is 21.8. The van der Waals surface area contributed by atoms with Crippen molar-refractivity contribution in [3.05, 3.63) is 59.5 Å². The molecule has 0 spiro atoms. The van der Waals surface area contributed by atoms with Crippen molar-refractivity contribution >= 4 is 38.4 Å². The van der Waals surface area contributed by atoms with Crippen molar-refractivity contribution in [2.45, 2.75) is 17.7 Å². The van der Waals surface area contributed by atoms with E-state index in [1.165, 1.54) is 27.8 Å². The van der Waals surface area contributed by atoms with Crippen LogP contribution in [0.15, 0.2) is 58.8 Å². The van der Waals surface area contributed by atoms with Gasteiger partial charge in [-0.25, -0.2) is 13.4 Å². The lowest BCUT2D eigenvalue weighted by Crippen LogP contribution is -2.40. The number of aromatic nitrogens is 1. The summed E-state index contributed by atoms with van der Waals surface area (Å²) < 4.78 is 42.2. The molecule has 0 unspecified atom stereocenters. The maximum atomic E-state index is 12.7. The third-order valence-electron chi connectivity index (χ3n) is 5.65. The van der Waals surface area contributed by atoms with Crippen molar-refractivity contribution in [3.8, 4) is 17.0 Å². The fourth-order valence-corrected chi connectivity index (χ4v) is 5.75. The molecule has 4 rings (SSSR count). The fourth-order valence-electron chi connectivity index (χ4n) is 3.61. The number of carbonyl (C=O) groups excluding carboxylic acids is 2. The first-order chi connectivity index (χ1) is 17.8. The number of rotatable bonds is 10. The summed E-state index contributed by atoms with van der Waals surface area (Å²) in [6.07, 6.45) is 0.414. The Morgan fingerprint density at radius 1 is 1.08 bits per heavy atom. The van der Waals surface area contributed by atoms with Crippen LogP contribution >= 0.6 is 11.3 Å². The lowest BCUT2D eigenvalue weighted by molar-refractivity contribution is -0.147. The Labute approximate surface area is 219 Å². The molecule has 0 aliphatic carbocycles. The van der Waals surface area contributed by atoms with Gasteiger partial charge in [-0.15, -0.1) is 11.3 Å². The number of anilines is 1. The second-order valence-electron chi connectivity index (χ2n) is 8.14. The van der Waals surface area contributed by atoms with Gasteiger partial charge in [-0.2, -0.15) is 4.31 Å². The summed E-state index contributed by atoms with van der Waals surface area (Å²) in [5, 5.41) is 4.85. The van der Waals surface area contributed by atoms with Crippen LogP contribution in [-0.4, -0.2) is 69.6 Å². The van der Waals surface area contributed by atoms with Gasteiger partial charge in [0, 0.05) is 30.5 Å². The molecule has 196 valence electrons. The van der Waals surface area contributed by atoms with E-state index in [4.69, 9.17) is 14.2 Å². The number of ether oxygens (including phenoxy) is 3. The number of hydrogen-bond acceptors (Lipinski definition) is 9. The van der Waals surface area contributed by atoms with Gasteiger partial charge in [-0.05, 0) is 48.4 Å². The predicted octanol–water partition coefficient (Wildman–Crippen LogP) is 2.95. The van der Waals surface area contributed by atoms with Crippen molar-refractivity contribution in [3.63, 3.8) is 0 Å². The Hall–Kier alpha value is -3.32. The Bertz CT molecular complexity index is 1320. The Kier molecular flexibility index (Phi) is 8.87. The van der Waals surface area contributed by atoms with Crippen LogP contribution in [0.2, 0.25) is 0 Å². The number of nitrogens with zero attached hydrogens (tertiary/aromatic N) is 2. The molecule has 2 aromatic carbocycles. The molecule has 1 fully saturated rings. The third kappa shape index (κ3) is 7.13. The molecule has 3 aromatic rings. The minimum atomic E-state index is -3.56. The van der Waals surface area contributed by atoms with E-state index in [1.54, 1.807) is 19.2 Å². The number of carbonyl (C=O) groups is 2. The highest BCUT2D eigenvalue weighted by molar-refractivity contribution is 7.89. The molecule has 1 aromatic heterocycles. The molecule has 37 heavy (non-hydrogen) atoms.